The van der Waals surface area contributed by atoms with Crippen molar-refractivity contribution in [3.8, 4) is 0 Å². The molecule has 3 rings (SSSR count). The molecule has 0 N–H and O–H groups in total. The Hall–Kier alpha value is -1.55. The summed E-state index contributed by atoms with van der Waals surface area (Å²) in [7, 11) is 0. The minimum Gasteiger partial charge on any atom is -0.431 e. The van der Waals surface area contributed by atoms with Gasteiger partial charge in [-0.2, -0.15) is 0 Å². The molecule has 0 aliphatic carbocycles. The van der Waals surface area contributed by atoms with Crippen LogP contribution < -0.4 is 0 Å². The summed E-state index contributed by atoms with van der Waals surface area (Å²) >= 11 is 1.61. The van der Waals surface area contributed by atoms with Gasteiger partial charge in [-0.15, -0.1) is 0 Å². The summed E-state index contributed by atoms with van der Waals surface area (Å²) in [6.07, 6.45) is 0. The van der Waals surface area contributed by atoms with Crippen molar-refractivity contribution in [1.82, 2.24) is 9.97 Å². The van der Waals surface area contributed by atoms with E-state index in [2.05, 4.69) is 16.9 Å². The summed E-state index contributed by atoms with van der Waals surface area (Å²) in [4.78, 5) is 9.03. The molecule has 4 heteroatoms. The standard InChI is InChI=1S/C13H12N2OS/c1-3-17-13-15-11-8(2)14-10-7-5-4-6-9(10)12(11)16-13/h4-7H,3H2,1-2H3. The minimum absolute atomic E-state index is 0.726. The van der Waals surface area contributed by atoms with Gasteiger partial charge >= 0.3 is 0 Å². The van der Waals surface area contributed by atoms with E-state index in [4.69, 9.17) is 4.42 Å². The van der Waals surface area contributed by atoms with Crippen LogP contribution in [0.1, 0.15) is 12.6 Å². The Balaban J connectivity index is 2.39. The molecule has 0 amide bonds. The summed E-state index contributed by atoms with van der Waals surface area (Å²) in [6, 6.07) is 8.00. The third kappa shape index (κ3) is 1.69. The van der Waals surface area contributed by atoms with Gasteiger partial charge in [0, 0.05) is 5.39 Å². The van der Waals surface area contributed by atoms with Crippen LogP contribution >= 0.6 is 11.8 Å². The normalized spacial score (nSPS) is 11.4. The van der Waals surface area contributed by atoms with Gasteiger partial charge in [0.15, 0.2) is 5.58 Å². The second kappa shape index (κ2) is 4.04. The third-order valence-electron chi connectivity index (χ3n) is 2.65. The molecule has 1 aromatic carbocycles. The van der Waals surface area contributed by atoms with Gasteiger partial charge in [-0.05, 0) is 24.8 Å². The van der Waals surface area contributed by atoms with Crippen LogP contribution in [0, 0.1) is 6.92 Å². The van der Waals surface area contributed by atoms with Crippen LogP contribution in [0.4, 0.5) is 0 Å². The van der Waals surface area contributed by atoms with Crippen LogP contribution in [-0.4, -0.2) is 15.7 Å². The molecule has 2 aromatic heterocycles. The monoisotopic (exact) mass is 244 g/mol. The zero-order valence-electron chi connectivity index (χ0n) is 9.73. The minimum atomic E-state index is 0.726. The molecule has 3 aromatic rings. The van der Waals surface area contributed by atoms with Crippen molar-refractivity contribution in [2.75, 3.05) is 5.75 Å². The Kier molecular flexibility index (Phi) is 2.52. The highest BCUT2D eigenvalue weighted by atomic mass is 32.2. The molecule has 0 aliphatic rings. The summed E-state index contributed by atoms with van der Waals surface area (Å²) in [6.45, 7) is 4.06. The SMILES string of the molecule is CCSc1nc2c(C)nc3ccccc3c2o1. The molecular formula is C13H12N2OS. The molecule has 2 heterocycles. The first-order valence-electron chi connectivity index (χ1n) is 5.58. The Labute approximate surface area is 103 Å². The molecule has 0 radical (unpaired) electrons. The van der Waals surface area contributed by atoms with Crippen LogP contribution in [0.3, 0.4) is 0 Å². The highest BCUT2D eigenvalue weighted by Gasteiger charge is 2.12. The fourth-order valence-electron chi connectivity index (χ4n) is 1.91. The number of oxazole rings is 1. The topological polar surface area (TPSA) is 38.9 Å². The first-order chi connectivity index (χ1) is 8.29. The van der Waals surface area contributed by atoms with Crippen molar-refractivity contribution in [2.45, 2.75) is 19.1 Å². The number of hydrogen-bond acceptors (Lipinski definition) is 4. The van der Waals surface area contributed by atoms with Gasteiger partial charge in [0.25, 0.3) is 5.22 Å². The lowest BCUT2D eigenvalue weighted by Crippen LogP contribution is -1.85. The van der Waals surface area contributed by atoms with E-state index in [0.717, 1.165) is 38.7 Å². The Morgan fingerprint density at radius 3 is 2.88 bits per heavy atom. The van der Waals surface area contributed by atoms with E-state index in [1.165, 1.54) is 0 Å². The molecule has 0 aliphatic heterocycles. The molecule has 0 atom stereocenters. The highest BCUT2D eigenvalue weighted by molar-refractivity contribution is 7.99. The zero-order valence-corrected chi connectivity index (χ0v) is 10.5. The molecule has 0 fully saturated rings. The first-order valence-corrected chi connectivity index (χ1v) is 6.57. The fourth-order valence-corrected chi connectivity index (χ4v) is 2.46. The first kappa shape index (κ1) is 10.6. The molecule has 17 heavy (non-hydrogen) atoms. The zero-order chi connectivity index (χ0) is 11.8. The number of aryl methyl sites for hydroxylation is 1. The van der Waals surface area contributed by atoms with E-state index in [9.17, 15) is 0 Å². The van der Waals surface area contributed by atoms with Crippen molar-refractivity contribution < 1.29 is 4.42 Å². The van der Waals surface area contributed by atoms with Crippen LogP contribution in [0.5, 0.6) is 0 Å². The fraction of sp³-hybridized carbons (Fsp3) is 0.231. The third-order valence-corrected chi connectivity index (χ3v) is 3.37. The van der Waals surface area contributed by atoms with Gasteiger partial charge in [0.05, 0.1) is 11.2 Å². The van der Waals surface area contributed by atoms with E-state index < -0.39 is 0 Å². The Bertz CT molecular complexity index is 690. The summed E-state index contributed by atoms with van der Waals surface area (Å²) in [5.74, 6) is 0.956. The van der Waals surface area contributed by atoms with Crippen LogP contribution in [-0.2, 0) is 0 Å². The van der Waals surface area contributed by atoms with Crippen molar-refractivity contribution in [1.29, 1.82) is 0 Å². The smallest absolute Gasteiger partial charge is 0.256 e. The largest absolute Gasteiger partial charge is 0.431 e. The average Bonchev–Trinajstić information content (AvgIpc) is 2.74. The van der Waals surface area contributed by atoms with E-state index in [1.54, 1.807) is 11.8 Å². The Morgan fingerprint density at radius 2 is 2.06 bits per heavy atom. The van der Waals surface area contributed by atoms with Gasteiger partial charge in [-0.1, -0.05) is 30.8 Å². The lowest BCUT2D eigenvalue weighted by atomic mass is 10.2. The number of fused-ring (bicyclic) bond motifs is 3. The molecule has 0 saturated carbocycles. The molecule has 0 spiro atoms. The predicted molar refractivity (Wildman–Crippen MR) is 70.4 cm³/mol. The van der Waals surface area contributed by atoms with Crippen LogP contribution in [0.25, 0.3) is 22.0 Å². The van der Waals surface area contributed by atoms with E-state index in [0.29, 0.717) is 0 Å². The van der Waals surface area contributed by atoms with E-state index in [-0.39, 0.29) is 0 Å². The summed E-state index contributed by atoms with van der Waals surface area (Å²) in [5.41, 5.74) is 3.61. The van der Waals surface area contributed by atoms with Crippen molar-refractivity contribution in [3.05, 3.63) is 30.0 Å². The van der Waals surface area contributed by atoms with Gasteiger partial charge in [0.1, 0.15) is 5.52 Å². The average molecular weight is 244 g/mol. The van der Waals surface area contributed by atoms with Crippen LogP contribution in [0.15, 0.2) is 33.9 Å². The molecule has 3 nitrogen and oxygen atoms in total. The number of thioether (sulfide) groups is 1. The van der Waals surface area contributed by atoms with Crippen molar-refractivity contribution in [3.63, 3.8) is 0 Å². The molecule has 0 saturated heterocycles. The maximum Gasteiger partial charge on any atom is 0.256 e. The lowest BCUT2D eigenvalue weighted by molar-refractivity contribution is 0.492. The molecular weight excluding hydrogens is 232 g/mol. The summed E-state index contributed by atoms with van der Waals surface area (Å²) in [5, 5.41) is 1.76. The Morgan fingerprint density at radius 1 is 1.24 bits per heavy atom. The van der Waals surface area contributed by atoms with Gasteiger partial charge in [-0.3, -0.25) is 4.98 Å². The molecule has 86 valence electrons. The number of para-hydroxylation sites is 1. The predicted octanol–water partition coefficient (Wildman–Crippen LogP) is 3.80. The number of aromatic nitrogens is 2. The number of nitrogens with zero attached hydrogens (tertiary/aromatic N) is 2. The van der Waals surface area contributed by atoms with Crippen molar-refractivity contribution in [2.24, 2.45) is 0 Å². The maximum absolute atomic E-state index is 5.81. The maximum atomic E-state index is 5.81. The molecule has 0 unspecified atom stereocenters. The second-order valence-electron chi connectivity index (χ2n) is 3.80. The molecule has 0 bridgehead atoms. The van der Waals surface area contributed by atoms with E-state index in [1.807, 2.05) is 31.2 Å². The highest BCUT2D eigenvalue weighted by Crippen LogP contribution is 2.29. The van der Waals surface area contributed by atoms with E-state index >= 15 is 0 Å². The summed E-state index contributed by atoms with van der Waals surface area (Å²) < 4.78 is 5.81. The second-order valence-corrected chi connectivity index (χ2v) is 5.02. The number of rotatable bonds is 2. The van der Waals surface area contributed by atoms with Gasteiger partial charge in [-0.25, -0.2) is 4.98 Å². The lowest BCUT2D eigenvalue weighted by Gasteiger charge is -1.98. The van der Waals surface area contributed by atoms with Gasteiger partial charge in [0.2, 0.25) is 0 Å². The number of pyridine rings is 1. The van der Waals surface area contributed by atoms with Crippen molar-refractivity contribution >= 4 is 33.8 Å². The number of hydrogen-bond donors (Lipinski definition) is 0. The number of benzene rings is 1. The van der Waals surface area contributed by atoms with Gasteiger partial charge < -0.3 is 4.42 Å². The van der Waals surface area contributed by atoms with Crippen LogP contribution in [0.2, 0.25) is 0 Å². The quantitative estimate of drug-likeness (QED) is 0.643.